The molecule has 0 aromatic heterocycles. The van der Waals surface area contributed by atoms with Crippen LogP contribution in [0.25, 0.3) is 0 Å². The Morgan fingerprint density at radius 2 is 1.86 bits per heavy atom. The predicted molar refractivity (Wildman–Crippen MR) is 82.7 cm³/mol. The van der Waals surface area contributed by atoms with Crippen molar-refractivity contribution in [1.82, 2.24) is 4.67 Å². The van der Waals surface area contributed by atoms with E-state index in [0.29, 0.717) is 5.56 Å². The minimum Gasteiger partial charge on any atom is -0.301 e. The third-order valence-corrected chi connectivity index (χ3v) is 4.70. The maximum atomic E-state index is 12.3. The van der Waals surface area contributed by atoms with Gasteiger partial charge in [0.05, 0.1) is 17.1 Å². The zero-order valence-corrected chi connectivity index (χ0v) is 13.6. The minimum atomic E-state index is -3.61. The number of nitro groups is 1. The number of para-hydroxylation sites is 1. The Labute approximate surface area is 132 Å². The predicted octanol–water partition coefficient (Wildman–Crippen LogP) is 2.96. The number of halogens is 2. The Balaban J connectivity index is 2.81. The first-order valence-corrected chi connectivity index (χ1v) is 8.76. The van der Waals surface area contributed by atoms with Crippen LogP contribution in [0.1, 0.15) is 5.56 Å². The third-order valence-electron chi connectivity index (χ3n) is 2.67. The van der Waals surface area contributed by atoms with Gasteiger partial charge < -0.3 is 4.52 Å². The van der Waals surface area contributed by atoms with E-state index in [1.54, 1.807) is 6.07 Å². The van der Waals surface area contributed by atoms with Crippen LogP contribution in [0.4, 0.5) is 5.69 Å². The minimum absolute atomic E-state index is 0.112. The third kappa shape index (κ3) is 5.54. The first kappa shape index (κ1) is 18.4. The molecule has 0 bridgehead atoms. The molecule has 1 unspecified atom stereocenters. The number of nitrogens with zero attached hydrogens (tertiary/aromatic N) is 2. The van der Waals surface area contributed by atoms with E-state index in [1.165, 1.54) is 22.9 Å². The molecule has 1 aromatic carbocycles. The standard InChI is InChI=1S/C11H16Cl2N3O4P/c12-5-7-15(8-6-13)21(14,19)20-9-10-3-1-2-4-11(10)16(17)18/h1-4H,5-9H2,(H2,14,19). The molecule has 0 amide bonds. The molecule has 118 valence electrons. The molecule has 2 N–H and O–H groups in total. The quantitative estimate of drug-likeness (QED) is 0.316. The summed E-state index contributed by atoms with van der Waals surface area (Å²) >= 11 is 11.2. The van der Waals surface area contributed by atoms with Gasteiger partial charge in [0.15, 0.2) is 0 Å². The molecule has 1 atom stereocenters. The monoisotopic (exact) mass is 355 g/mol. The van der Waals surface area contributed by atoms with Gasteiger partial charge in [0.25, 0.3) is 5.69 Å². The topological polar surface area (TPSA) is 98.7 Å². The first-order chi connectivity index (χ1) is 9.92. The molecule has 0 spiro atoms. The van der Waals surface area contributed by atoms with Gasteiger partial charge in [0, 0.05) is 30.9 Å². The van der Waals surface area contributed by atoms with E-state index in [4.69, 9.17) is 33.2 Å². The van der Waals surface area contributed by atoms with Gasteiger partial charge >= 0.3 is 7.67 Å². The van der Waals surface area contributed by atoms with Gasteiger partial charge in [0.2, 0.25) is 0 Å². The molecular weight excluding hydrogens is 340 g/mol. The van der Waals surface area contributed by atoms with Gasteiger partial charge in [-0.25, -0.2) is 10.2 Å². The first-order valence-electron chi connectivity index (χ1n) is 6.05. The zero-order chi connectivity index (χ0) is 15.9. The second-order valence-corrected chi connectivity index (χ2v) is 6.76. The van der Waals surface area contributed by atoms with Crippen molar-refractivity contribution in [3.63, 3.8) is 0 Å². The lowest BCUT2D eigenvalue weighted by atomic mass is 10.2. The van der Waals surface area contributed by atoms with Crippen LogP contribution in [0.15, 0.2) is 24.3 Å². The van der Waals surface area contributed by atoms with E-state index < -0.39 is 12.6 Å². The van der Waals surface area contributed by atoms with E-state index >= 15 is 0 Å². The summed E-state index contributed by atoms with van der Waals surface area (Å²) in [5.41, 5.74) is 5.86. The van der Waals surface area contributed by atoms with Crippen LogP contribution >= 0.6 is 30.9 Å². The van der Waals surface area contributed by atoms with Crippen molar-refractivity contribution in [2.24, 2.45) is 5.50 Å². The summed E-state index contributed by atoms with van der Waals surface area (Å²) in [5, 5.41) is 10.9. The molecule has 1 rings (SSSR count). The molecule has 0 heterocycles. The van der Waals surface area contributed by atoms with E-state index in [1.807, 2.05) is 0 Å². The fourth-order valence-corrected chi connectivity index (χ4v) is 3.53. The summed E-state index contributed by atoms with van der Waals surface area (Å²) in [6, 6.07) is 6.03. The average molecular weight is 356 g/mol. The van der Waals surface area contributed by atoms with Crippen molar-refractivity contribution in [1.29, 1.82) is 0 Å². The highest BCUT2D eigenvalue weighted by Crippen LogP contribution is 2.43. The Morgan fingerprint density at radius 3 is 2.38 bits per heavy atom. The number of alkyl halides is 2. The largest absolute Gasteiger partial charge is 0.341 e. The lowest BCUT2D eigenvalue weighted by molar-refractivity contribution is -0.385. The van der Waals surface area contributed by atoms with Gasteiger partial charge in [-0.2, -0.15) is 0 Å². The van der Waals surface area contributed by atoms with E-state index in [9.17, 15) is 14.7 Å². The Bertz CT molecular complexity index is 526. The zero-order valence-electron chi connectivity index (χ0n) is 11.2. The molecule has 0 aliphatic heterocycles. The second-order valence-electron chi connectivity index (χ2n) is 4.06. The van der Waals surface area contributed by atoms with E-state index in [-0.39, 0.29) is 37.1 Å². The van der Waals surface area contributed by atoms with Gasteiger partial charge in [0.1, 0.15) is 0 Å². The Morgan fingerprint density at radius 1 is 1.29 bits per heavy atom. The molecule has 0 saturated heterocycles. The van der Waals surface area contributed by atoms with Crippen LogP contribution in [-0.2, 0) is 15.7 Å². The molecule has 0 radical (unpaired) electrons. The highest BCUT2D eigenvalue weighted by atomic mass is 35.5. The number of nitro benzene ring substituents is 1. The van der Waals surface area contributed by atoms with Crippen LogP contribution < -0.4 is 5.50 Å². The number of hydrogen-bond acceptors (Lipinski definition) is 4. The SMILES string of the molecule is NP(=O)(OCc1ccccc1[N+](=O)[O-])N(CCCl)CCCl. The molecule has 0 saturated carbocycles. The summed E-state index contributed by atoms with van der Waals surface area (Å²) in [7, 11) is -3.61. The smallest absolute Gasteiger partial charge is 0.301 e. The Kier molecular flexibility index (Phi) is 7.59. The van der Waals surface area contributed by atoms with Crippen molar-refractivity contribution in [2.45, 2.75) is 6.61 Å². The van der Waals surface area contributed by atoms with Crippen LogP contribution in [-0.4, -0.2) is 34.4 Å². The molecule has 21 heavy (non-hydrogen) atoms. The molecule has 10 heteroatoms. The highest BCUT2D eigenvalue weighted by Gasteiger charge is 2.27. The molecule has 1 aromatic rings. The fourth-order valence-electron chi connectivity index (χ4n) is 1.64. The van der Waals surface area contributed by atoms with Gasteiger partial charge in [-0.05, 0) is 6.07 Å². The maximum Gasteiger partial charge on any atom is 0.341 e. The van der Waals surface area contributed by atoms with Crippen LogP contribution in [0.2, 0.25) is 0 Å². The number of hydrogen-bond donors (Lipinski definition) is 1. The summed E-state index contributed by atoms with van der Waals surface area (Å²) in [4.78, 5) is 10.4. The number of nitrogens with two attached hydrogens (primary N) is 1. The van der Waals surface area contributed by atoms with Crippen molar-refractivity contribution in [3.05, 3.63) is 39.9 Å². The van der Waals surface area contributed by atoms with Gasteiger partial charge in [-0.15, -0.1) is 23.2 Å². The average Bonchev–Trinajstić information content (AvgIpc) is 2.45. The molecule has 7 nitrogen and oxygen atoms in total. The Hall–Kier alpha value is -0.690. The van der Waals surface area contributed by atoms with Crippen molar-refractivity contribution in [3.8, 4) is 0 Å². The summed E-state index contributed by atoms with van der Waals surface area (Å²) < 4.78 is 18.9. The number of benzene rings is 1. The molecule has 0 aliphatic carbocycles. The second kappa shape index (κ2) is 8.68. The molecular formula is C11H16Cl2N3O4P. The van der Waals surface area contributed by atoms with E-state index in [0.717, 1.165) is 0 Å². The summed E-state index contributed by atoms with van der Waals surface area (Å²) in [5.74, 6) is 0.430. The summed E-state index contributed by atoms with van der Waals surface area (Å²) in [6.07, 6.45) is 0. The fraction of sp³-hybridized carbons (Fsp3) is 0.455. The molecule has 0 fully saturated rings. The summed E-state index contributed by atoms with van der Waals surface area (Å²) in [6.45, 7) is 0.268. The van der Waals surface area contributed by atoms with Crippen molar-refractivity contribution in [2.75, 3.05) is 24.8 Å². The van der Waals surface area contributed by atoms with Crippen molar-refractivity contribution >= 4 is 36.6 Å². The van der Waals surface area contributed by atoms with Crippen LogP contribution in [0.5, 0.6) is 0 Å². The lowest BCUT2D eigenvalue weighted by Crippen LogP contribution is -2.29. The maximum absolute atomic E-state index is 12.3. The number of rotatable bonds is 9. The van der Waals surface area contributed by atoms with Gasteiger partial charge in [-0.3, -0.25) is 14.7 Å². The normalized spacial score (nSPS) is 14.1. The van der Waals surface area contributed by atoms with Gasteiger partial charge in [-0.1, -0.05) is 12.1 Å². The van der Waals surface area contributed by atoms with Crippen LogP contribution in [0.3, 0.4) is 0 Å². The van der Waals surface area contributed by atoms with E-state index in [2.05, 4.69) is 0 Å². The van der Waals surface area contributed by atoms with Crippen molar-refractivity contribution < 1.29 is 14.0 Å². The van der Waals surface area contributed by atoms with Crippen LogP contribution in [0, 0.1) is 10.1 Å². The highest BCUT2D eigenvalue weighted by molar-refractivity contribution is 7.53. The lowest BCUT2D eigenvalue weighted by Gasteiger charge is -2.26. The molecule has 0 aliphatic rings.